The van der Waals surface area contributed by atoms with Crippen LogP contribution < -0.4 is 10.1 Å². The van der Waals surface area contributed by atoms with Gasteiger partial charge in [-0.25, -0.2) is 4.98 Å². The van der Waals surface area contributed by atoms with Gasteiger partial charge in [0.15, 0.2) is 11.9 Å². The third-order valence-corrected chi connectivity index (χ3v) is 2.99. The van der Waals surface area contributed by atoms with Crippen LogP contribution in [-0.2, 0) is 4.79 Å². The molecule has 1 aromatic carbocycles. The van der Waals surface area contributed by atoms with Crippen LogP contribution in [0.4, 0.5) is 5.82 Å². The van der Waals surface area contributed by atoms with Crippen LogP contribution in [-0.4, -0.2) is 17.0 Å². The summed E-state index contributed by atoms with van der Waals surface area (Å²) < 4.78 is 5.65. The minimum atomic E-state index is -0.588. The summed E-state index contributed by atoms with van der Waals surface area (Å²) in [6, 6.07) is 12.6. The second-order valence-electron chi connectivity index (χ2n) is 4.15. The van der Waals surface area contributed by atoms with E-state index in [1.54, 1.807) is 18.3 Å². The zero-order valence-corrected chi connectivity index (χ0v) is 11.8. The number of aromatic nitrogens is 1. The Hall–Kier alpha value is -2.07. The zero-order valence-electron chi connectivity index (χ0n) is 11.0. The molecule has 1 heterocycles. The first kappa shape index (κ1) is 14.3. The molecule has 0 saturated heterocycles. The fourth-order valence-corrected chi connectivity index (χ4v) is 1.83. The molecule has 4 nitrogen and oxygen atoms in total. The molecule has 1 atom stereocenters. The van der Waals surface area contributed by atoms with E-state index in [4.69, 9.17) is 16.3 Å². The van der Waals surface area contributed by atoms with Crippen molar-refractivity contribution in [3.8, 4) is 5.75 Å². The number of ether oxygens (including phenoxy) is 1. The average Bonchev–Trinajstić information content (AvgIpc) is 2.48. The van der Waals surface area contributed by atoms with E-state index in [2.05, 4.69) is 10.3 Å². The number of para-hydroxylation sites is 1. The summed E-state index contributed by atoms with van der Waals surface area (Å²) in [5.41, 5.74) is 0. The molecule has 0 saturated carbocycles. The number of hydrogen-bond donors (Lipinski definition) is 1. The first-order valence-electron chi connectivity index (χ1n) is 6.33. The quantitative estimate of drug-likeness (QED) is 0.916. The highest BCUT2D eigenvalue weighted by atomic mass is 35.5. The Bertz CT molecular complexity index is 575. The first-order valence-corrected chi connectivity index (χ1v) is 6.71. The highest BCUT2D eigenvalue weighted by Crippen LogP contribution is 2.19. The van der Waals surface area contributed by atoms with Gasteiger partial charge >= 0.3 is 0 Å². The number of anilines is 1. The Labute approximate surface area is 122 Å². The molecule has 1 aromatic heterocycles. The van der Waals surface area contributed by atoms with Crippen LogP contribution in [0.5, 0.6) is 5.75 Å². The van der Waals surface area contributed by atoms with E-state index in [9.17, 15) is 4.79 Å². The Morgan fingerprint density at radius 2 is 2.05 bits per heavy atom. The lowest BCUT2D eigenvalue weighted by Gasteiger charge is -2.17. The van der Waals surface area contributed by atoms with Gasteiger partial charge in [0.1, 0.15) is 5.75 Å². The lowest BCUT2D eigenvalue weighted by Crippen LogP contribution is -2.32. The molecule has 0 unspecified atom stereocenters. The maximum absolute atomic E-state index is 12.2. The van der Waals surface area contributed by atoms with Gasteiger partial charge in [0.25, 0.3) is 5.91 Å². The summed E-state index contributed by atoms with van der Waals surface area (Å²) >= 11 is 5.96. The molecule has 104 valence electrons. The zero-order chi connectivity index (χ0) is 14.4. The number of rotatable bonds is 5. The highest BCUT2D eigenvalue weighted by Gasteiger charge is 2.19. The second kappa shape index (κ2) is 6.91. The maximum Gasteiger partial charge on any atom is 0.266 e. The molecule has 0 aliphatic rings. The van der Waals surface area contributed by atoms with E-state index in [1.165, 1.54) is 0 Å². The summed E-state index contributed by atoms with van der Waals surface area (Å²) in [4.78, 5) is 16.2. The van der Waals surface area contributed by atoms with Crippen LogP contribution in [0.3, 0.4) is 0 Å². The lowest BCUT2D eigenvalue weighted by molar-refractivity contribution is -0.122. The topological polar surface area (TPSA) is 51.2 Å². The van der Waals surface area contributed by atoms with Crippen LogP contribution in [0.2, 0.25) is 5.02 Å². The van der Waals surface area contributed by atoms with Crippen LogP contribution in [0.25, 0.3) is 0 Å². The summed E-state index contributed by atoms with van der Waals surface area (Å²) in [6.07, 6.45) is 1.53. The standard InChI is InChI=1S/C15H15ClN2O2/c1-2-13(20-11-7-4-3-5-8-11)15(19)18-14-12(16)9-6-10-17-14/h3-10,13H,2H2,1H3,(H,17,18,19)/t13-/m1/s1. The Balaban J connectivity index is 2.04. The van der Waals surface area contributed by atoms with Crippen molar-refractivity contribution >= 4 is 23.3 Å². The third-order valence-electron chi connectivity index (χ3n) is 2.68. The Morgan fingerprint density at radius 1 is 1.30 bits per heavy atom. The summed E-state index contributed by atoms with van der Waals surface area (Å²) in [5, 5.41) is 3.07. The number of nitrogens with zero attached hydrogens (tertiary/aromatic N) is 1. The minimum absolute atomic E-state index is 0.267. The number of halogens is 1. The first-order chi connectivity index (χ1) is 9.70. The lowest BCUT2D eigenvalue weighted by atomic mass is 10.2. The number of carbonyl (C=O) groups excluding carboxylic acids is 1. The third kappa shape index (κ3) is 3.71. The van der Waals surface area contributed by atoms with Gasteiger partial charge < -0.3 is 10.1 Å². The van der Waals surface area contributed by atoms with Crippen LogP contribution in [0, 0.1) is 0 Å². The van der Waals surface area contributed by atoms with Crippen molar-refractivity contribution in [2.45, 2.75) is 19.4 Å². The van der Waals surface area contributed by atoms with Gasteiger partial charge in [-0.3, -0.25) is 4.79 Å². The molecule has 1 N–H and O–H groups in total. The smallest absolute Gasteiger partial charge is 0.266 e. The van der Waals surface area contributed by atoms with Gasteiger partial charge in [0, 0.05) is 6.20 Å². The minimum Gasteiger partial charge on any atom is -0.481 e. The van der Waals surface area contributed by atoms with E-state index in [0.29, 0.717) is 23.0 Å². The molecule has 20 heavy (non-hydrogen) atoms. The van der Waals surface area contributed by atoms with Gasteiger partial charge in [-0.15, -0.1) is 0 Å². The number of nitrogens with one attached hydrogen (secondary N) is 1. The number of carbonyl (C=O) groups is 1. The molecule has 0 bridgehead atoms. The summed E-state index contributed by atoms with van der Waals surface area (Å²) in [7, 11) is 0. The molecule has 0 radical (unpaired) electrons. The van der Waals surface area contributed by atoms with E-state index >= 15 is 0 Å². The van der Waals surface area contributed by atoms with E-state index < -0.39 is 6.10 Å². The monoisotopic (exact) mass is 290 g/mol. The molecular weight excluding hydrogens is 276 g/mol. The summed E-state index contributed by atoms with van der Waals surface area (Å²) in [5.74, 6) is 0.729. The van der Waals surface area contributed by atoms with Crippen LogP contribution in [0.1, 0.15) is 13.3 Å². The van der Waals surface area contributed by atoms with Crippen LogP contribution in [0.15, 0.2) is 48.7 Å². The largest absolute Gasteiger partial charge is 0.481 e. The molecule has 1 amide bonds. The van der Waals surface area contributed by atoms with Crippen molar-refractivity contribution in [1.82, 2.24) is 4.98 Å². The molecule has 0 fully saturated rings. The molecule has 5 heteroatoms. The van der Waals surface area contributed by atoms with Gasteiger partial charge in [0.05, 0.1) is 5.02 Å². The average molecular weight is 291 g/mol. The van der Waals surface area contributed by atoms with Crippen molar-refractivity contribution < 1.29 is 9.53 Å². The van der Waals surface area contributed by atoms with E-state index in [1.807, 2.05) is 37.3 Å². The molecule has 0 spiro atoms. The van der Waals surface area contributed by atoms with Gasteiger partial charge in [-0.05, 0) is 30.7 Å². The molecule has 2 aromatic rings. The second-order valence-corrected chi connectivity index (χ2v) is 4.56. The van der Waals surface area contributed by atoms with Crippen LogP contribution >= 0.6 is 11.6 Å². The molecule has 2 rings (SSSR count). The van der Waals surface area contributed by atoms with E-state index in [-0.39, 0.29) is 5.91 Å². The molecule has 0 aliphatic carbocycles. The Kier molecular flexibility index (Phi) is 4.96. The van der Waals surface area contributed by atoms with Gasteiger partial charge in [-0.1, -0.05) is 36.7 Å². The predicted octanol–water partition coefficient (Wildman–Crippen LogP) is 3.53. The number of benzene rings is 1. The number of pyridine rings is 1. The van der Waals surface area contributed by atoms with Crippen molar-refractivity contribution in [2.24, 2.45) is 0 Å². The van der Waals surface area contributed by atoms with E-state index in [0.717, 1.165) is 0 Å². The van der Waals surface area contributed by atoms with Crippen molar-refractivity contribution in [2.75, 3.05) is 5.32 Å². The number of amides is 1. The SMILES string of the molecule is CC[C@@H](Oc1ccccc1)C(=O)Nc1ncccc1Cl. The van der Waals surface area contributed by atoms with Gasteiger partial charge in [0.2, 0.25) is 0 Å². The maximum atomic E-state index is 12.2. The van der Waals surface area contributed by atoms with Crippen molar-refractivity contribution in [1.29, 1.82) is 0 Å². The van der Waals surface area contributed by atoms with Crippen molar-refractivity contribution in [3.05, 3.63) is 53.7 Å². The summed E-state index contributed by atoms with van der Waals surface area (Å²) in [6.45, 7) is 1.88. The fraction of sp³-hybridized carbons (Fsp3) is 0.200. The fourth-order valence-electron chi connectivity index (χ4n) is 1.66. The number of hydrogen-bond acceptors (Lipinski definition) is 3. The molecule has 0 aliphatic heterocycles. The molecular formula is C15H15ClN2O2. The van der Waals surface area contributed by atoms with Gasteiger partial charge in [-0.2, -0.15) is 0 Å². The normalized spacial score (nSPS) is 11.7. The highest BCUT2D eigenvalue weighted by molar-refractivity contribution is 6.33. The van der Waals surface area contributed by atoms with Crippen molar-refractivity contribution in [3.63, 3.8) is 0 Å². The Morgan fingerprint density at radius 3 is 2.70 bits per heavy atom. The predicted molar refractivity (Wildman–Crippen MR) is 79.0 cm³/mol.